The number of hydrogen-bond acceptors (Lipinski definition) is 3. The van der Waals surface area contributed by atoms with E-state index >= 15 is 0 Å². The number of nitrogen functional groups attached to an aromatic ring is 1. The van der Waals surface area contributed by atoms with E-state index in [4.69, 9.17) is 10.5 Å². The smallest absolute Gasteiger partial charge is 0.119 e. The van der Waals surface area contributed by atoms with Crippen molar-refractivity contribution < 1.29 is 4.74 Å². The second kappa shape index (κ2) is 5.31. The molecule has 0 atom stereocenters. The summed E-state index contributed by atoms with van der Waals surface area (Å²) in [5, 5.41) is 0. The average Bonchev–Trinajstić information content (AvgIpc) is 2.38. The van der Waals surface area contributed by atoms with Gasteiger partial charge in [-0.2, -0.15) is 0 Å². The maximum absolute atomic E-state index is 5.74. The first-order valence-corrected chi connectivity index (χ1v) is 6.34. The van der Waals surface area contributed by atoms with Gasteiger partial charge in [0.25, 0.3) is 0 Å². The van der Waals surface area contributed by atoms with Gasteiger partial charge in [-0.15, -0.1) is 0 Å². The van der Waals surface area contributed by atoms with Crippen molar-refractivity contribution in [3.05, 3.63) is 46.9 Å². The summed E-state index contributed by atoms with van der Waals surface area (Å²) in [6.45, 7) is 0. The Hall–Kier alpha value is -1.68. The summed E-state index contributed by atoms with van der Waals surface area (Å²) in [5.74, 6) is 0.850. The lowest BCUT2D eigenvalue weighted by molar-refractivity contribution is 0.415. The molecule has 0 fully saturated rings. The van der Waals surface area contributed by atoms with Crippen LogP contribution in [0.25, 0.3) is 0 Å². The van der Waals surface area contributed by atoms with Crippen molar-refractivity contribution in [2.75, 3.05) is 24.8 Å². The summed E-state index contributed by atoms with van der Waals surface area (Å²) in [6, 6.07) is 13.7. The number of halogens is 1. The fraction of sp³-hybridized carbons (Fsp3) is 0.143. The molecule has 0 heterocycles. The average molecular weight is 307 g/mol. The molecule has 0 aliphatic rings. The Kier molecular flexibility index (Phi) is 3.77. The van der Waals surface area contributed by atoms with Crippen LogP contribution in [0.3, 0.4) is 0 Å². The van der Waals surface area contributed by atoms with Crippen LogP contribution in [0.15, 0.2) is 46.9 Å². The van der Waals surface area contributed by atoms with Crippen LogP contribution in [0.2, 0.25) is 0 Å². The van der Waals surface area contributed by atoms with Crippen LogP contribution in [0, 0.1) is 0 Å². The van der Waals surface area contributed by atoms with Gasteiger partial charge in [-0.1, -0.05) is 0 Å². The Morgan fingerprint density at radius 3 is 2.33 bits per heavy atom. The van der Waals surface area contributed by atoms with E-state index in [1.807, 2.05) is 49.5 Å². The molecule has 4 heteroatoms. The number of nitrogens with zero attached hydrogens (tertiary/aromatic N) is 1. The van der Waals surface area contributed by atoms with Gasteiger partial charge >= 0.3 is 0 Å². The Labute approximate surface area is 115 Å². The molecule has 2 aromatic carbocycles. The second-order valence-corrected chi connectivity index (χ2v) is 4.82. The standard InChI is InChI=1S/C14H15BrN2O/c1-17(11-4-6-12(18-2)7-5-11)14-8-3-10(16)9-13(14)15/h3-9H,16H2,1-2H3. The van der Waals surface area contributed by atoms with Crippen LogP contribution in [0.5, 0.6) is 5.75 Å². The molecule has 0 saturated heterocycles. The van der Waals surface area contributed by atoms with E-state index in [1.54, 1.807) is 7.11 Å². The molecule has 2 aromatic rings. The Balaban J connectivity index is 2.31. The predicted molar refractivity (Wildman–Crippen MR) is 79.6 cm³/mol. The van der Waals surface area contributed by atoms with Gasteiger partial charge in [-0.25, -0.2) is 0 Å². The summed E-state index contributed by atoms with van der Waals surface area (Å²) < 4.78 is 6.12. The van der Waals surface area contributed by atoms with Gasteiger partial charge in [-0.3, -0.25) is 0 Å². The number of rotatable bonds is 3. The van der Waals surface area contributed by atoms with Gasteiger partial charge in [-0.05, 0) is 58.4 Å². The zero-order chi connectivity index (χ0) is 13.1. The lowest BCUT2D eigenvalue weighted by atomic mass is 10.2. The van der Waals surface area contributed by atoms with Gasteiger partial charge in [0, 0.05) is 22.9 Å². The number of hydrogen-bond donors (Lipinski definition) is 1. The molecule has 0 aliphatic heterocycles. The first kappa shape index (κ1) is 12.8. The third kappa shape index (κ3) is 2.59. The van der Waals surface area contributed by atoms with E-state index in [9.17, 15) is 0 Å². The van der Waals surface area contributed by atoms with E-state index in [2.05, 4.69) is 20.8 Å². The zero-order valence-electron chi connectivity index (χ0n) is 10.4. The van der Waals surface area contributed by atoms with Crippen LogP contribution in [-0.2, 0) is 0 Å². The molecule has 0 spiro atoms. The highest BCUT2D eigenvalue weighted by atomic mass is 79.9. The van der Waals surface area contributed by atoms with Crippen molar-refractivity contribution in [2.24, 2.45) is 0 Å². The maximum atomic E-state index is 5.74. The SMILES string of the molecule is COc1ccc(N(C)c2ccc(N)cc2Br)cc1. The molecule has 0 saturated carbocycles. The van der Waals surface area contributed by atoms with E-state index in [-0.39, 0.29) is 0 Å². The molecule has 94 valence electrons. The number of nitrogens with two attached hydrogens (primary N) is 1. The van der Waals surface area contributed by atoms with E-state index in [0.29, 0.717) is 0 Å². The number of benzene rings is 2. The molecule has 0 bridgehead atoms. The quantitative estimate of drug-likeness (QED) is 0.876. The molecule has 3 nitrogen and oxygen atoms in total. The van der Waals surface area contributed by atoms with E-state index in [1.165, 1.54) is 0 Å². The van der Waals surface area contributed by atoms with Crippen molar-refractivity contribution >= 4 is 33.0 Å². The zero-order valence-corrected chi connectivity index (χ0v) is 11.9. The molecule has 0 radical (unpaired) electrons. The van der Waals surface area contributed by atoms with Gasteiger partial charge in [0.15, 0.2) is 0 Å². The molecule has 0 aromatic heterocycles. The molecule has 0 aliphatic carbocycles. The molecule has 18 heavy (non-hydrogen) atoms. The van der Waals surface area contributed by atoms with Gasteiger partial charge < -0.3 is 15.4 Å². The fourth-order valence-corrected chi connectivity index (χ4v) is 2.40. The predicted octanol–water partition coefficient (Wildman–Crippen LogP) is 3.81. The van der Waals surface area contributed by atoms with Gasteiger partial charge in [0.1, 0.15) is 5.75 Å². The minimum atomic E-state index is 0.744. The van der Waals surface area contributed by atoms with Crippen molar-refractivity contribution in [3.8, 4) is 5.75 Å². The van der Waals surface area contributed by atoms with Crippen LogP contribution in [0.4, 0.5) is 17.1 Å². The third-order valence-electron chi connectivity index (χ3n) is 2.79. The summed E-state index contributed by atoms with van der Waals surface area (Å²) >= 11 is 3.53. The Morgan fingerprint density at radius 2 is 1.78 bits per heavy atom. The summed E-state index contributed by atoms with van der Waals surface area (Å²) in [5.41, 5.74) is 8.63. The van der Waals surface area contributed by atoms with Crippen molar-refractivity contribution in [2.45, 2.75) is 0 Å². The monoisotopic (exact) mass is 306 g/mol. The first-order chi connectivity index (χ1) is 8.61. The van der Waals surface area contributed by atoms with Crippen LogP contribution in [0.1, 0.15) is 0 Å². The minimum absolute atomic E-state index is 0.744. The molecular formula is C14H15BrN2O. The number of ether oxygens (including phenoxy) is 1. The maximum Gasteiger partial charge on any atom is 0.119 e. The van der Waals surface area contributed by atoms with E-state index in [0.717, 1.165) is 27.3 Å². The third-order valence-corrected chi connectivity index (χ3v) is 3.43. The highest BCUT2D eigenvalue weighted by Gasteiger charge is 2.08. The molecule has 0 unspecified atom stereocenters. The highest BCUT2D eigenvalue weighted by Crippen LogP contribution is 2.32. The molecule has 2 N–H and O–H groups in total. The van der Waals surface area contributed by atoms with Crippen LogP contribution < -0.4 is 15.4 Å². The van der Waals surface area contributed by atoms with Crippen LogP contribution in [-0.4, -0.2) is 14.2 Å². The fourth-order valence-electron chi connectivity index (χ4n) is 1.74. The normalized spacial score (nSPS) is 10.2. The number of anilines is 3. The van der Waals surface area contributed by atoms with Crippen molar-refractivity contribution in [1.29, 1.82) is 0 Å². The molecular weight excluding hydrogens is 292 g/mol. The summed E-state index contributed by atoms with van der Waals surface area (Å²) in [6.07, 6.45) is 0. The number of methoxy groups -OCH3 is 1. The van der Waals surface area contributed by atoms with Gasteiger partial charge in [0.2, 0.25) is 0 Å². The minimum Gasteiger partial charge on any atom is -0.497 e. The largest absolute Gasteiger partial charge is 0.497 e. The lowest BCUT2D eigenvalue weighted by Gasteiger charge is -2.21. The van der Waals surface area contributed by atoms with Crippen molar-refractivity contribution in [1.82, 2.24) is 0 Å². The highest BCUT2D eigenvalue weighted by molar-refractivity contribution is 9.10. The van der Waals surface area contributed by atoms with Crippen molar-refractivity contribution in [3.63, 3.8) is 0 Å². The summed E-state index contributed by atoms with van der Waals surface area (Å²) in [7, 11) is 3.67. The lowest BCUT2D eigenvalue weighted by Crippen LogP contribution is -2.10. The van der Waals surface area contributed by atoms with E-state index < -0.39 is 0 Å². The topological polar surface area (TPSA) is 38.5 Å². The Morgan fingerprint density at radius 1 is 1.11 bits per heavy atom. The molecule has 2 rings (SSSR count). The Bertz CT molecular complexity index is 540. The van der Waals surface area contributed by atoms with Gasteiger partial charge in [0.05, 0.1) is 12.8 Å². The molecule has 0 amide bonds. The summed E-state index contributed by atoms with van der Waals surface area (Å²) in [4.78, 5) is 2.09. The first-order valence-electron chi connectivity index (χ1n) is 5.54. The van der Waals surface area contributed by atoms with Crippen LogP contribution >= 0.6 is 15.9 Å². The second-order valence-electron chi connectivity index (χ2n) is 3.97.